The Hall–Kier alpha value is -3.03. The van der Waals surface area contributed by atoms with Crippen molar-refractivity contribution in [3.05, 3.63) is 52.7 Å². The van der Waals surface area contributed by atoms with Crippen LogP contribution in [0.25, 0.3) is 10.9 Å². The van der Waals surface area contributed by atoms with Crippen molar-refractivity contribution in [1.29, 1.82) is 0 Å². The number of hydrogen-bond donors (Lipinski definition) is 1. The molecule has 0 radical (unpaired) electrons. The van der Waals surface area contributed by atoms with Crippen LogP contribution < -0.4 is 15.0 Å². The van der Waals surface area contributed by atoms with Crippen molar-refractivity contribution in [2.24, 2.45) is 0 Å². The molecule has 2 heterocycles. The molecule has 1 aliphatic rings. The number of ether oxygens (including phenoxy) is 2. The first-order valence-electron chi connectivity index (χ1n) is 11.6. The molecular formula is C26H31ClN4O3. The van der Waals surface area contributed by atoms with Gasteiger partial charge in [-0.15, -0.1) is 0 Å². The smallest absolute Gasteiger partial charge is 0.341 e. The van der Waals surface area contributed by atoms with Gasteiger partial charge in [-0.25, -0.2) is 4.79 Å². The summed E-state index contributed by atoms with van der Waals surface area (Å²) in [4.78, 5) is 22.1. The van der Waals surface area contributed by atoms with Crippen LogP contribution in [-0.4, -0.2) is 62.3 Å². The van der Waals surface area contributed by atoms with E-state index in [-0.39, 0.29) is 6.61 Å². The summed E-state index contributed by atoms with van der Waals surface area (Å²) in [6, 6.07) is 9.68. The van der Waals surface area contributed by atoms with Crippen molar-refractivity contribution < 1.29 is 14.3 Å². The monoisotopic (exact) mass is 482 g/mol. The van der Waals surface area contributed by atoms with Gasteiger partial charge in [0.1, 0.15) is 11.3 Å². The highest BCUT2D eigenvalue weighted by molar-refractivity contribution is 6.31. The molecule has 0 bridgehead atoms. The molecule has 0 saturated carbocycles. The number of hydrogen-bond acceptors (Lipinski definition) is 7. The third-order valence-corrected chi connectivity index (χ3v) is 6.28. The van der Waals surface area contributed by atoms with Crippen molar-refractivity contribution in [3.8, 4) is 5.75 Å². The zero-order valence-electron chi connectivity index (χ0n) is 20.2. The molecule has 0 amide bonds. The van der Waals surface area contributed by atoms with E-state index in [1.54, 1.807) is 13.1 Å². The minimum absolute atomic E-state index is 0.280. The third-order valence-electron chi connectivity index (χ3n) is 6.05. The highest BCUT2D eigenvalue weighted by Gasteiger charge is 2.23. The molecule has 3 aromatic rings. The SMILES string of the molecule is CCOC(=O)c1cnc2cc(OCC)c(N3CCN(C)CC3)cc2c1Nc1cc(Cl)ccc1C. The number of likely N-dealkylation sites (N-methyl/N-ethyl adjacent to an activating group) is 1. The van der Waals surface area contributed by atoms with Crippen LogP contribution in [0.5, 0.6) is 5.75 Å². The summed E-state index contributed by atoms with van der Waals surface area (Å²) >= 11 is 6.28. The van der Waals surface area contributed by atoms with Crippen molar-refractivity contribution in [3.63, 3.8) is 0 Å². The molecule has 1 aromatic heterocycles. The number of pyridine rings is 1. The number of nitrogens with zero attached hydrogens (tertiary/aromatic N) is 3. The quantitative estimate of drug-likeness (QED) is 0.460. The molecule has 34 heavy (non-hydrogen) atoms. The Bertz CT molecular complexity index is 1190. The van der Waals surface area contributed by atoms with Gasteiger partial charge in [-0.2, -0.15) is 0 Å². The second-order valence-corrected chi connectivity index (χ2v) is 8.85. The Labute approximate surface area is 205 Å². The number of esters is 1. The van der Waals surface area contributed by atoms with Crippen molar-refractivity contribution in [2.75, 3.05) is 56.7 Å². The van der Waals surface area contributed by atoms with E-state index in [4.69, 9.17) is 21.1 Å². The van der Waals surface area contributed by atoms with Crippen LogP contribution in [0.15, 0.2) is 36.5 Å². The number of carbonyl (C=O) groups excluding carboxylic acids is 1. The molecule has 2 aromatic carbocycles. The maximum absolute atomic E-state index is 12.9. The van der Waals surface area contributed by atoms with Gasteiger partial charge in [0.15, 0.2) is 0 Å². The van der Waals surface area contributed by atoms with Gasteiger partial charge in [-0.05, 0) is 51.6 Å². The number of aromatic nitrogens is 1. The van der Waals surface area contributed by atoms with E-state index < -0.39 is 5.97 Å². The fraction of sp³-hybridized carbons (Fsp3) is 0.385. The Morgan fingerprint density at radius 2 is 1.88 bits per heavy atom. The van der Waals surface area contributed by atoms with Gasteiger partial charge >= 0.3 is 5.97 Å². The van der Waals surface area contributed by atoms with E-state index in [9.17, 15) is 4.79 Å². The summed E-state index contributed by atoms with van der Waals surface area (Å²) in [6.45, 7) is 10.3. The van der Waals surface area contributed by atoms with Crippen LogP contribution in [0.3, 0.4) is 0 Å². The predicted molar refractivity (Wildman–Crippen MR) is 138 cm³/mol. The Kier molecular flexibility index (Phi) is 7.44. The molecule has 1 saturated heterocycles. The van der Waals surface area contributed by atoms with E-state index in [1.807, 2.05) is 38.1 Å². The van der Waals surface area contributed by atoms with Crippen LogP contribution in [0.4, 0.5) is 17.1 Å². The molecule has 8 heteroatoms. The standard InChI is InChI=1S/C26H31ClN4O3/c1-5-33-24-15-22-19(14-23(24)31-11-9-30(4)10-12-31)25(20(16-28-22)26(32)34-6-2)29-21-13-18(27)8-7-17(21)3/h7-8,13-16H,5-6,9-12H2,1-4H3,(H,28,29). The number of benzene rings is 2. The van der Waals surface area contributed by atoms with Gasteiger partial charge in [0.25, 0.3) is 0 Å². The van der Waals surface area contributed by atoms with Gasteiger partial charge < -0.3 is 24.6 Å². The summed E-state index contributed by atoms with van der Waals surface area (Å²) in [5, 5.41) is 4.89. The third kappa shape index (κ3) is 5.05. The molecule has 0 unspecified atom stereocenters. The maximum Gasteiger partial charge on any atom is 0.341 e. The van der Waals surface area contributed by atoms with E-state index in [1.165, 1.54) is 0 Å². The highest BCUT2D eigenvalue weighted by Crippen LogP contribution is 2.39. The summed E-state index contributed by atoms with van der Waals surface area (Å²) in [7, 11) is 2.13. The zero-order valence-corrected chi connectivity index (χ0v) is 20.9. The number of fused-ring (bicyclic) bond motifs is 1. The number of rotatable bonds is 7. The second kappa shape index (κ2) is 10.5. The van der Waals surface area contributed by atoms with Gasteiger partial charge in [0, 0.05) is 54.5 Å². The first kappa shape index (κ1) is 24.1. The fourth-order valence-electron chi connectivity index (χ4n) is 4.14. The number of nitrogens with one attached hydrogen (secondary N) is 1. The van der Waals surface area contributed by atoms with Crippen LogP contribution in [0, 0.1) is 6.92 Å². The topological polar surface area (TPSA) is 66.9 Å². The molecule has 1 aliphatic heterocycles. The average molecular weight is 483 g/mol. The first-order valence-corrected chi connectivity index (χ1v) is 12.0. The summed E-state index contributed by atoms with van der Waals surface area (Å²) < 4.78 is 11.4. The van der Waals surface area contributed by atoms with Crippen molar-refractivity contribution in [2.45, 2.75) is 20.8 Å². The Balaban J connectivity index is 1.90. The van der Waals surface area contributed by atoms with Gasteiger partial charge in [-0.3, -0.25) is 4.98 Å². The predicted octanol–water partition coefficient (Wildman–Crippen LogP) is 5.27. The van der Waals surface area contributed by atoms with Gasteiger partial charge in [-0.1, -0.05) is 17.7 Å². The van der Waals surface area contributed by atoms with Gasteiger partial charge in [0.2, 0.25) is 0 Å². The summed E-state index contributed by atoms with van der Waals surface area (Å²) in [5.41, 5.74) is 4.58. The molecule has 0 aliphatic carbocycles. The number of halogens is 1. The number of anilines is 3. The number of carbonyl (C=O) groups is 1. The highest BCUT2D eigenvalue weighted by atomic mass is 35.5. The lowest BCUT2D eigenvalue weighted by molar-refractivity contribution is 0.0527. The van der Waals surface area contributed by atoms with Gasteiger partial charge in [0.05, 0.1) is 30.1 Å². The maximum atomic E-state index is 12.9. The second-order valence-electron chi connectivity index (χ2n) is 8.41. The van der Waals surface area contributed by atoms with E-state index in [2.05, 4.69) is 33.2 Å². The lowest BCUT2D eigenvalue weighted by Crippen LogP contribution is -2.44. The van der Waals surface area contributed by atoms with Crippen molar-refractivity contribution in [1.82, 2.24) is 9.88 Å². The molecule has 0 atom stereocenters. The van der Waals surface area contributed by atoms with E-state index >= 15 is 0 Å². The van der Waals surface area contributed by atoms with E-state index in [0.29, 0.717) is 22.9 Å². The molecular weight excluding hydrogens is 452 g/mol. The van der Waals surface area contributed by atoms with Crippen molar-refractivity contribution >= 4 is 45.5 Å². The molecule has 180 valence electrons. The number of piperazine rings is 1. The largest absolute Gasteiger partial charge is 0.492 e. The summed E-state index contributed by atoms with van der Waals surface area (Å²) in [6.07, 6.45) is 1.56. The van der Waals surface area contributed by atoms with Crippen LogP contribution in [0.1, 0.15) is 29.8 Å². The normalized spacial score (nSPS) is 14.3. The lowest BCUT2D eigenvalue weighted by atomic mass is 10.1. The van der Waals surface area contributed by atoms with E-state index in [0.717, 1.165) is 59.8 Å². The molecule has 0 spiro atoms. The minimum Gasteiger partial charge on any atom is -0.492 e. The Morgan fingerprint density at radius 3 is 2.59 bits per heavy atom. The average Bonchev–Trinajstić information content (AvgIpc) is 2.82. The van der Waals surface area contributed by atoms with Crippen LogP contribution in [0.2, 0.25) is 5.02 Å². The number of aryl methyl sites for hydroxylation is 1. The Morgan fingerprint density at radius 1 is 1.12 bits per heavy atom. The zero-order chi connectivity index (χ0) is 24.2. The fourth-order valence-corrected chi connectivity index (χ4v) is 4.31. The van der Waals surface area contributed by atoms with Crippen LogP contribution in [-0.2, 0) is 4.74 Å². The molecule has 7 nitrogen and oxygen atoms in total. The van der Waals surface area contributed by atoms with Crippen LogP contribution >= 0.6 is 11.6 Å². The first-order chi connectivity index (χ1) is 16.4. The summed E-state index contributed by atoms with van der Waals surface area (Å²) in [5.74, 6) is 0.370. The lowest BCUT2D eigenvalue weighted by Gasteiger charge is -2.35. The molecule has 1 N–H and O–H groups in total. The molecule has 1 fully saturated rings. The minimum atomic E-state index is -0.422. The molecule has 4 rings (SSSR count).